The molecule has 2 aromatic heterocycles. The number of aromatic nitrogens is 2. The summed E-state index contributed by atoms with van der Waals surface area (Å²) in [5, 5.41) is 19.6. The van der Waals surface area contributed by atoms with E-state index >= 15 is 0 Å². The molecule has 0 saturated heterocycles. The highest BCUT2D eigenvalue weighted by molar-refractivity contribution is 5.97. The van der Waals surface area contributed by atoms with Gasteiger partial charge in [0.25, 0.3) is 0 Å². The fourth-order valence-corrected chi connectivity index (χ4v) is 4.18. The Hall–Kier alpha value is -3.69. The summed E-state index contributed by atoms with van der Waals surface area (Å²) in [6.07, 6.45) is 1.50. The summed E-state index contributed by atoms with van der Waals surface area (Å²) in [5.41, 5.74) is 0.261. The molecule has 0 spiro atoms. The Morgan fingerprint density at radius 3 is 2.44 bits per heavy atom. The zero-order chi connectivity index (χ0) is 26.0. The summed E-state index contributed by atoms with van der Waals surface area (Å²) in [4.78, 5) is 17.9. The van der Waals surface area contributed by atoms with Crippen LogP contribution in [0, 0.1) is 24.4 Å². The Kier molecular flexibility index (Phi) is 7.14. The first-order valence-corrected chi connectivity index (χ1v) is 11.3. The Balaban J connectivity index is 1.65. The molecule has 0 radical (unpaired) electrons. The first-order valence-electron chi connectivity index (χ1n) is 11.3. The average molecular weight is 499 g/mol. The van der Waals surface area contributed by atoms with Gasteiger partial charge in [-0.15, -0.1) is 0 Å². The number of imidazole rings is 1. The SMILES string of the molecule is Cc1nc2c(OCc3c(F)cccc3F)cccn2c1C(=O)CC(C)(CO)c1ccc(F)c(CO)c1. The highest BCUT2D eigenvalue weighted by Crippen LogP contribution is 2.32. The molecule has 4 aromatic rings. The Morgan fingerprint density at radius 1 is 1.06 bits per heavy atom. The van der Waals surface area contributed by atoms with Crippen molar-refractivity contribution in [2.75, 3.05) is 6.61 Å². The number of ketones is 1. The third-order valence-corrected chi connectivity index (χ3v) is 6.30. The van der Waals surface area contributed by atoms with Crippen LogP contribution < -0.4 is 4.74 Å². The minimum absolute atomic E-state index is 0.0682. The van der Waals surface area contributed by atoms with Gasteiger partial charge in [0.2, 0.25) is 0 Å². The number of carbonyl (C=O) groups excluding carboxylic acids is 1. The molecule has 4 rings (SSSR count). The van der Waals surface area contributed by atoms with E-state index in [-0.39, 0.29) is 41.4 Å². The molecule has 0 aliphatic carbocycles. The van der Waals surface area contributed by atoms with Crippen molar-refractivity contribution in [2.45, 2.75) is 38.9 Å². The second-order valence-electron chi connectivity index (χ2n) is 8.88. The van der Waals surface area contributed by atoms with Crippen LogP contribution in [0.5, 0.6) is 5.75 Å². The van der Waals surface area contributed by atoms with Gasteiger partial charge in [-0.2, -0.15) is 0 Å². The van der Waals surface area contributed by atoms with Crippen molar-refractivity contribution >= 4 is 11.4 Å². The van der Waals surface area contributed by atoms with E-state index in [0.717, 1.165) is 12.1 Å². The number of fused-ring (bicyclic) bond motifs is 1. The highest BCUT2D eigenvalue weighted by Gasteiger charge is 2.32. The summed E-state index contributed by atoms with van der Waals surface area (Å²) in [5.74, 6) is -2.13. The van der Waals surface area contributed by atoms with E-state index in [2.05, 4.69) is 4.98 Å². The third kappa shape index (κ3) is 4.72. The van der Waals surface area contributed by atoms with E-state index < -0.39 is 36.1 Å². The Bertz CT molecular complexity index is 1420. The fraction of sp³-hybridized carbons (Fsp3) is 0.259. The van der Waals surface area contributed by atoms with Gasteiger partial charge in [-0.25, -0.2) is 18.2 Å². The summed E-state index contributed by atoms with van der Waals surface area (Å²) in [7, 11) is 0. The number of benzene rings is 2. The van der Waals surface area contributed by atoms with Gasteiger partial charge >= 0.3 is 0 Å². The van der Waals surface area contributed by atoms with Crippen molar-refractivity contribution in [3.05, 3.63) is 100 Å². The summed E-state index contributed by atoms with van der Waals surface area (Å²) in [6, 6.07) is 10.9. The number of Topliss-reactive ketones (excluding diaryl/α,β-unsaturated/α-hetero) is 1. The van der Waals surface area contributed by atoms with Gasteiger partial charge in [0.1, 0.15) is 29.8 Å². The van der Waals surface area contributed by atoms with Gasteiger partial charge < -0.3 is 14.9 Å². The molecule has 0 amide bonds. The number of nitrogens with zero attached hydrogens (tertiary/aromatic N) is 2. The maximum absolute atomic E-state index is 14.0. The first-order chi connectivity index (χ1) is 17.2. The lowest BCUT2D eigenvalue weighted by Crippen LogP contribution is -2.31. The molecule has 0 aliphatic rings. The van der Waals surface area contributed by atoms with E-state index in [4.69, 9.17) is 4.74 Å². The first kappa shape index (κ1) is 25.4. The minimum Gasteiger partial charge on any atom is -0.485 e. The number of rotatable bonds is 9. The molecule has 1 atom stereocenters. The molecule has 2 aromatic carbocycles. The normalized spacial score (nSPS) is 13.1. The second-order valence-corrected chi connectivity index (χ2v) is 8.88. The van der Waals surface area contributed by atoms with E-state index in [1.54, 1.807) is 32.2 Å². The molecule has 1 unspecified atom stereocenters. The monoisotopic (exact) mass is 498 g/mol. The fourth-order valence-electron chi connectivity index (χ4n) is 4.18. The Labute approximate surface area is 205 Å². The molecule has 188 valence electrons. The van der Waals surface area contributed by atoms with Crippen LogP contribution in [-0.4, -0.2) is 32.0 Å². The van der Waals surface area contributed by atoms with E-state index in [1.807, 2.05) is 0 Å². The number of carbonyl (C=O) groups is 1. The molecular formula is C27H25F3N2O4. The number of halogens is 3. The maximum atomic E-state index is 14.0. The molecule has 0 saturated carbocycles. The standard InChI is InChI=1S/C27H25F3N2O4/c1-16-25(23(35)12-27(2,15-34)18-8-9-20(28)17(11-18)13-33)32-10-4-7-24(26(32)31-16)36-14-19-21(29)5-3-6-22(19)30/h3-11,33-34H,12-15H2,1-2H3. The van der Waals surface area contributed by atoms with Crippen molar-refractivity contribution < 1.29 is 32.9 Å². The van der Waals surface area contributed by atoms with Gasteiger partial charge in [0.15, 0.2) is 17.2 Å². The quantitative estimate of drug-likeness (QED) is 0.328. The lowest BCUT2D eigenvalue weighted by molar-refractivity contribution is 0.0912. The molecule has 36 heavy (non-hydrogen) atoms. The van der Waals surface area contributed by atoms with Crippen LogP contribution in [0.15, 0.2) is 54.7 Å². The molecule has 0 bridgehead atoms. The predicted molar refractivity (Wildman–Crippen MR) is 126 cm³/mol. The topological polar surface area (TPSA) is 84.1 Å². The van der Waals surface area contributed by atoms with Crippen molar-refractivity contribution in [2.24, 2.45) is 0 Å². The minimum atomic E-state index is -1.05. The molecule has 2 N–H and O–H groups in total. The van der Waals surface area contributed by atoms with Crippen molar-refractivity contribution in [1.82, 2.24) is 9.38 Å². The number of aliphatic hydroxyl groups is 2. The summed E-state index contributed by atoms with van der Waals surface area (Å²) < 4.78 is 49.1. The van der Waals surface area contributed by atoms with Gasteiger partial charge in [0.05, 0.1) is 24.5 Å². The molecular weight excluding hydrogens is 473 g/mol. The second kappa shape index (κ2) is 10.1. The number of aliphatic hydroxyl groups excluding tert-OH is 2. The number of hydrogen-bond acceptors (Lipinski definition) is 5. The molecule has 9 heteroatoms. The van der Waals surface area contributed by atoms with Crippen LogP contribution in [0.2, 0.25) is 0 Å². The number of hydrogen-bond donors (Lipinski definition) is 2. The average Bonchev–Trinajstić information content (AvgIpc) is 3.20. The van der Waals surface area contributed by atoms with E-state index in [1.165, 1.54) is 28.7 Å². The zero-order valence-electron chi connectivity index (χ0n) is 19.8. The summed E-state index contributed by atoms with van der Waals surface area (Å²) >= 11 is 0. The lowest BCUT2D eigenvalue weighted by Gasteiger charge is -2.28. The van der Waals surface area contributed by atoms with Crippen LogP contribution >= 0.6 is 0 Å². The van der Waals surface area contributed by atoms with Crippen molar-refractivity contribution in [1.29, 1.82) is 0 Å². The van der Waals surface area contributed by atoms with Gasteiger partial charge in [-0.3, -0.25) is 9.20 Å². The molecule has 6 nitrogen and oxygen atoms in total. The largest absolute Gasteiger partial charge is 0.485 e. The highest BCUT2D eigenvalue weighted by atomic mass is 19.1. The third-order valence-electron chi connectivity index (χ3n) is 6.30. The van der Waals surface area contributed by atoms with Gasteiger partial charge in [-0.05, 0) is 48.9 Å². The molecule has 0 fully saturated rings. The lowest BCUT2D eigenvalue weighted by atomic mass is 9.78. The zero-order valence-corrected chi connectivity index (χ0v) is 19.8. The van der Waals surface area contributed by atoms with Crippen molar-refractivity contribution in [3.8, 4) is 5.75 Å². The Morgan fingerprint density at radius 2 is 1.78 bits per heavy atom. The van der Waals surface area contributed by atoms with Crippen LogP contribution in [0.4, 0.5) is 13.2 Å². The van der Waals surface area contributed by atoms with Crippen LogP contribution in [0.1, 0.15) is 46.2 Å². The molecule has 2 heterocycles. The van der Waals surface area contributed by atoms with Crippen LogP contribution in [0.25, 0.3) is 5.65 Å². The smallest absolute Gasteiger partial charge is 0.182 e. The number of ether oxygens (including phenoxy) is 1. The number of aryl methyl sites for hydroxylation is 1. The van der Waals surface area contributed by atoms with Gasteiger partial charge in [-0.1, -0.05) is 19.1 Å². The predicted octanol–water partition coefficient (Wildman–Crippen LogP) is 4.65. The van der Waals surface area contributed by atoms with E-state index in [0.29, 0.717) is 16.9 Å². The van der Waals surface area contributed by atoms with Crippen LogP contribution in [0.3, 0.4) is 0 Å². The maximum Gasteiger partial charge on any atom is 0.182 e. The molecule has 0 aliphatic heterocycles. The van der Waals surface area contributed by atoms with Gasteiger partial charge in [0, 0.05) is 23.6 Å². The van der Waals surface area contributed by atoms with Crippen LogP contribution in [-0.2, 0) is 18.6 Å². The number of pyridine rings is 1. The van der Waals surface area contributed by atoms with E-state index in [9.17, 15) is 28.2 Å². The summed E-state index contributed by atoms with van der Waals surface area (Å²) in [6.45, 7) is 2.05. The van der Waals surface area contributed by atoms with Crippen molar-refractivity contribution in [3.63, 3.8) is 0 Å².